The van der Waals surface area contributed by atoms with E-state index in [-0.39, 0.29) is 0 Å². The van der Waals surface area contributed by atoms with Crippen molar-refractivity contribution in [2.45, 2.75) is 25.9 Å². The third-order valence-electron chi connectivity index (χ3n) is 2.85. The molecular weight excluding hydrogens is 212 g/mol. The first-order valence-corrected chi connectivity index (χ1v) is 6.21. The van der Waals surface area contributed by atoms with Gasteiger partial charge < -0.3 is 15.4 Å². The molecule has 0 spiro atoms. The Balaban J connectivity index is 2.26. The van der Waals surface area contributed by atoms with E-state index in [0.717, 1.165) is 26.1 Å². The Morgan fingerprint density at radius 2 is 1.76 bits per heavy atom. The molecule has 0 fully saturated rings. The third-order valence-corrected chi connectivity index (χ3v) is 2.85. The second-order valence-corrected chi connectivity index (χ2v) is 4.46. The predicted molar refractivity (Wildman–Crippen MR) is 71.8 cm³/mol. The molecular formula is C14H24N2O. The van der Waals surface area contributed by atoms with Gasteiger partial charge in [-0.3, -0.25) is 0 Å². The van der Waals surface area contributed by atoms with Gasteiger partial charge in [0.25, 0.3) is 0 Å². The summed E-state index contributed by atoms with van der Waals surface area (Å²) in [6, 6.07) is 8.53. The summed E-state index contributed by atoms with van der Waals surface area (Å²) >= 11 is 0. The van der Waals surface area contributed by atoms with Gasteiger partial charge in [-0.25, -0.2) is 0 Å². The molecule has 17 heavy (non-hydrogen) atoms. The molecule has 0 aliphatic carbocycles. The average Bonchev–Trinajstić information content (AvgIpc) is 2.36. The van der Waals surface area contributed by atoms with Crippen LogP contribution in [0.5, 0.6) is 0 Å². The van der Waals surface area contributed by atoms with Gasteiger partial charge in [-0.05, 0) is 37.6 Å². The number of rotatable bonds is 8. The largest absolute Gasteiger partial charge is 0.385 e. The van der Waals surface area contributed by atoms with E-state index >= 15 is 0 Å². The second-order valence-electron chi connectivity index (χ2n) is 4.46. The molecule has 0 saturated heterocycles. The van der Waals surface area contributed by atoms with E-state index in [1.54, 1.807) is 7.11 Å². The smallest absolute Gasteiger partial charge is 0.0462 e. The van der Waals surface area contributed by atoms with Gasteiger partial charge in [0.1, 0.15) is 0 Å². The first-order valence-electron chi connectivity index (χ1n) is 6.21. The van der Waals surface area contributed by atoms with Crippen molar-refractivity contribution in [1.29, 1.82) is 0 Å². The maximum Gasteiger partial charge on any atom is 0.0462 e. The van der Waals surface area contributed by atoms with E-state index in [0.29, 0.717) is 6.54 Å². The minimum atomic E-state index is 0.618. The van der Waals surface area contributed by atoms with Crippen molar-refractivity contribution in [3.05, 3.63) is 35.4 Å². The zero-order chi connectivity index (χ0) is 12.5. The summed E-state index contributed by atoms with van der Waals surface area (Å²) in [7, 11) is 3.91. The number of unbranched alkanes of at least 4 members (excludes halogenated alkanes) is 1. The minimum absolute atomic E-state index is 0.618. The van der Waals surface area contributed by atoms with Crippen LogP contribution < -0.4 is 5.73 Å². The van der Waals surface area contributed by atoms with Crippen molar-refractivity contribution in [2.24, 2.45) is 5.73 Å². The fourth-order valence-corrected chi connectivity index (χ4v) is 1.80. The van der Waals surface area contributed by atoms with E-state index in [2.05, 4.69) is 36.2 Å². The molecule has 0 amide bonds. The summed E-state index contributed by atoms with van der Waals surface area (Å²) in [5, 5.41) is 0. The fourth-order valence-electron chi connectivity index (χ4n) is 1.80. The van der Waals surface area contributed by atoms with Crippen LogP contribution in [0, 0.1) is 0 Å². The molecule has 0 saturated carbocycles. The van der Waals surface area contributed by atoms with Crippen molar-refractivity contribution < 1.29 is 4.74 Å². The maximum absolute atomic E-state index is 5.57. The van der Waals surface area contributed by atoms with Crippen molar-refractivity contribution >= 4 is 0 Å². The number of benzene rings is 1. The lowest BCUT2D eigenvalue weighted by Crippen LogP contribution is -2.19. The van der Waals surface area contributed by atoms with Crippen molar-refractivity contribution in [2.75, 3.05) is 27.3 Å². The molecule has 1 aromatic carbocycles. The van der Waals surface area contributed by atoms with Gasteiger partial charge in [-0.15, -0.1) is 0 Å². The van der Waals surface area contributed by atoms with E-state index in [9.17, 15) is 0 Å². The molecule has 0 bridgehead atoms. The van der Waals surface area contributed by atoms with Crippen molar-refractivity contribution in [1.82, 2.24) is 4.90 Å². The van der Waals surface area contributed by atoms with Crippen LogP contribution in [0.15, 0.2) is 24.3 Å². The highest BCUT2D eigenvalue weighted by molar-refractivity contribution is 5.22. The Morgan fingerprint density at radius 1 is 1.12 bits per heavy atom. The average molecular weight is 236 g/mol. The van der Waals surface area contributed by atoms with E-state index in [1.807, 2.05) is 0 Å². The summed E-state index contributed by atoms with van der Waals surface area (Å²) in [4.78, 5) is 2.34. The summed E-state index contributed by atoms with van der Waals surface area (Å²) in [6.45, 7) is 3.59. The fraction of sp³-hybridized carbons (Fsp3) is 0.571. The molecule has 1 rings (SSSR count). The Bertz CT molecular complexity index is 298. The molecule has 0 atom stereocenters. The van der Waals surface area contributed by atoms with Crippen molar-refractivity contribution in [3.8, 4) is 0 Å². The molecule has 0 radical (unpaired) electrons. The van der Waals surface area contributed by atoms with Gasteiger partial charge in [-0.2, -0.15) is 0 Å². The molecule has 0 aliphatic rings. The normalized spacial score (nSPS) is 11.1. The molecule has 3 nitrogen and oxygen atoms in total. The first kappa shape index (κ1) is 14.2. The van der Waals surface area contributed by atoms with Crippen LogP contribution in [0.25, 0.3) is 0 Å². The van der Waals surface area contributed by atoms with E-state index < -0.39 is 0 Å². The van der Waals surface area contributed by atoms with Gasteiger partial charge in [0, 0.05) is 26.8 Å². The standard InChI is InChI=1S/C14H24N2O/c1-16(9-3-4-10-17-2)12-14-7-5-13(11-15)6-8-14/h5-8H,3-4,9-12,15H2,1-2H3. The van der Waals surface area contributed by atoms with Gasteiger partial charge >= 0.3 is 0 Å². The molecule has 0 aliphatic heterocycles. The zero-order valence-corrected chi connectivity index (χ0v) is 11.0. The number of hydrogen-bond acceptors (Lipinski definition) is 3. The van der Waals surface area contributed by atoms with Crippen LogP contribution in [0.2, 0.25) is 0 Å². The molecule has 1 aromatic rings. The highest BCUT2D eigenvalue weighted by Gasteiger charge is 2.00. The van der Waals surface area contributed by atoms with Crippen LogP contribution in [-0.4, -0.2) is 32.2 Å². The maximum atomic E-state index is 5.57. The monoisotopic (exact) mass is 236 g/mol. The first-order chi connectivity index (χ1) is 8.26. The second kappa shape index (κ2) is 8.23. The van der Waals surface area contributed by atoms with Gasteiger partial charge in [0.05, 0.1) is 0 Å². The highest BCUT2D eigenvalue weighted by Crippen LogP contribution is 2.07. The van der Waals surface area contributed by atoms with E-state index in [1.165, 1.54) is 17.5 Å². The summed E-state index contributed by atoms with van der Waals surface area (Å²) in [5.74, 6) is 0. The topological polar surface area (TPSA) is 38.5 Å². The molecule has 2 N–H and O–H groups in total. The van der Waals surface area contributed by atoms with Crippen LogP contribution >= 0.6 is 0 Å². The Hall–Kier alpha value is -0.900. The summed E-state index contributed by atoms with van der Waals surface area (Å²) in [6.07, 6.45) is 2.32. The lowest BCUT2D eigenvalue weighted by Gasteiger charge is -2.16. The van der Waals surface area contributed by atoms with Crippen LogP contribution in [-0.2, 0) is 17.8 Å². The van der Waals surface area contributed by atoms with E-state index in [4.69, 9.17) is 10.5 Å². The SMILES string of the molecule is COCCCCN(C)Cc1ccc(CN)cc1. The predicted octanol–water partition coefficient (Wildman–Crippen LogP) is 2.00. The van der Waals surface area contributed by atoms with Crippen molar-refractivity contribution in [3.63, 3.8) is 0 Å². The lowest BCUT2D eigenvalue weighted by molar-refractivity contribution is 0.186. The minimum Gasteiger partial charge on any atom is -0.385 e. The molecule has 0 heterocycles. The molecule has 0 aromatic heterocycles. The lowest BCUT2D eigenvalue weighted by atomic mass is 10.1. The van der Waals surface area contributed by atoms with Gasteiger partial charge in [-0.1, -0.05) is 24.3 Å². The Kier molecular flexibility index (Phi) is 6.86. The quantitative estimate of drug-likeness (QED) is 0.702. The number of methoxy groups -OCH3 is 1. The summed E-state index contributed by atoms with van der Waals surface area (Å²) < 4.78 is 5.04. The molecule has 96 valence electrons. The number of hydrogen-bond donors (Lipinski definition) is 1. The van der Waals surface area contributed by atoms with Gasteiger partial charge in [0.15, 0.2) is 0 Å². The molecule has 3 heteroatoms. The number of nitrogens with two attached hydrogens (primary N) is 1. The third kappa shape index (κ3) is 5.82. The number of nitrogens with zero attached hydrogens (tertiary/aromatic N) is 1. The molecule has 0 unspecified atom stereocenters. The van der Waals surface area contributed by atoms with Gasteiger partial charge in [0.2, 0.25) is 0 Å². The van der Waals surface area contributed by atoms with Crippen LogP contribution in [0.1, 0.15) is 24.0 Å². The zero-order valence-electron chi connectivity index (χ0n) is 11.0. The highest BCUT2D eigenvalue weighted by atomic mass is 16.5. The van der Waals surface area contributed by atoms with Crippen LogP contribution in [0.4, 0.5) is 0 Å². The Labute approximate surface area is 105 Å². The van der Waals surface area contributed by atoms with Crippen LogP contribution in [0.3, 0.4) is 0 Å². The number of ether oxygens (including phenoxy) is 1. The summed E-state index contributed by atoms with van der Waals surface area (Å²) in [5.41, 5.74) is 8.11. The Morgan fingerprint density at radius 3 is 2.35 bits per heavy atom.